The average molecular weight is 541 g/mol. The first kappa shape index (κ1) is 28.8. The quantitative estimate of drug-likeness (QED) is 0.361. The Morgan fingerprint density at radius 1 is 1.12 bits per heavy atom. The fourth-order valence-corrected chi connectivity index (χ4v) is 4.69. The van der Waals surface area contributed by atoms with Crippen LogP contribution in [0.5, 0.6) is 0 Å². The first-order valence-corrected chi connectivity index (χ1v) is 13.5. The van der Waals surface area contributed by atoms with Gasteiger partial charge >= 0.3 is 0 Å². The van der Waals surface area contributed by atoms with Gasteiger partial charge in [0.1, 0.15) is 17.7 Å². The van der Waals surface area contributed by atoms with Crippen LogP contribution in [0.2, 0.25) is 0 Å². The van der Waals surface area contributed by atoms with E-state index in [1.807, 2.05) is 75.7 Å². The lowest BCUT2D eigenvalue weighted by Gasteiger charge is -2.29. The number of aryl methyl sites for hydroxylation is 1. The number of carbonyl (C=O) groups excluding carboxylic acids is 2. The van der Waals surface area contributed by atoms with Gasteiger partial charge in [0.15, 0.2) is 5.70 Å². The summed E-state index contributed by atoms with van der Waals surface area (Å²) in [5.74, 6) is 1.03. The minimum atomic E-state index is -0.277. The van der Waals surface area contributed by atoms with Crippen LogP contribution in [0.25, 0.3) is 0 Å². The van der Waals surface area contributed by atoms with Crippen molar-refractivity contribution in [1.82, 2.24) is 14.8 Å². The van der Waals surface area contributed by atoms with Crippen LogP contribution < -0.4 is 5.32 Å². The largest absolute Gasteiger partial charge is 0.334 e. The molecule has 0 saturated heterocycles. The van der Waals surface area contributed by atoms with Crippen LogP contribution in [0.3, 0.4) is 0 Å². The Balaban J connectivity index is 1.55. The highest BCUT2D eigenvalue weighted by atomic mass is 16.2. The third kappa shape index (κ3) is 6.16. The summed E-state index contributed by atoms with van der Waals surface area (Å²) in [6, 6.07) is 11.0. The molecule has 208 valence electrons. The molecule has 2 amide bonds. The van der Waals surface area contributed by atoms with E-state index < -0.39 is 0 Å². The standard InChI is InChI=1S/C31H37N7O2/c1-7-9-23-15-16-33-27(20-23)34-31(40)25-13-11-24(12-14-25)30-35-29(26-21-32-17-19-38(26,30)6)22(2)37(5)28(39)10-8-18-36(3)4/h8,10-17,19-22H,7,9,18H2,1-6H3/p+1/b10-8+. The number of pyridine rings is 1. The molecule has 0 saturated carbocycles. The molecule has 2 atom stereocenters. The number of nitrogens with one attached hydrogen (secondary N) is 1. The molecule has 2 unspecified atom stereocenters. The first-order chi connectivity index (χ1) is 19.1. The molecule has 0 aliphatic carbocycles. The van der Waals surface area contributed by atoms with E-state index in [0.717, 1.165) is 41.2 Å². The van der Waals surface area contributed by atoms with Gasteiger partial charge in [-0.15, -0.1) is 0 Å². The Morgan fingerprint density at radius 2 is 1.88 bits per heavy atom. The second kappa shape index (κ2) is 12.3. The zero-order valence-corrected chi connectivity index (χ0v) is 24.1. The van der Waals surface area contributed by atoms with Crippen molar-refractivity contribution in [3.63, 3.8) is 0 Å². The number of hydrogen-bond acceptors (Lipinski definition) is 6. The third-order valence-corrected chi connectivity index (χ3v) is 7.14. The smallest absolute Gasteiger partial charge is 0.256 e. The lowest BCUT2D eigenvalue weighted by molar-refractivity contribution is -0.713. The minimum Gasteiger partial charge on any atom is -0.334 e. The molecule has 40 heavy (non-hydrogen) atoms. The normalized spacial score (nSPS) is 18.7. The lowest BCUT2D eigenvalue weighted by atomic mass is 10.1. The van der Waals surface area contributed by atoms with Gasteiger partial charge in [-0.25, -0.2) is 9.47 Å². The monoisotopic (exact) mass is 540 g/mol. The van der Waals surface area contributed by atoms with E-state index >= 15 is 0 Å². The summed E-state index contributed by atoms with van der Waals surface area (Å²) in [6.45, 7) is 4.78. The molecular weight excluding hydrogens is 502 g/mol. The van der Waals surface area contributed by atoms with Gasteiger partial charge in [-0.05, 0) is 69.4 Å². The number of fused-ring (bicyclic) bond motifs is 1. The fourth-order valence-electron chi connectivity index (χ4n) is 4.69. The van der Waals surface area contributed by atoms with Gasteiger partial charge in [-0.2, -0.15) is 4.99 Å². The number of anilines is 1. The van der Waals surface area contributed by atoms with E-state index in [0.29, 0.717) is 22.4 Å². The molecule has 1 N–H and O–H groups in total. The highest BCUT2D eigenvalue weighted by Crippen LogP contribution is 2.35. The summed E-state index contributed by atoms with van der Waals surface area (Å²) in [6.07, 6.45) is 12.7. The van der Waals surface area contributed by atoms with Crippen molar-refractivity contribution in [2.45, 2.75) is 32.7 Å². The number of carbonyl (C=O) groups is 2. The molecule has 9 nitrogen and oxygen atoms in total. The number of rotatable bonds is 10. The number of benzene rings is 1. The van der Waals surface area contributed by atoms with Crippen LogP contribution in [-0.2, 0) is 11.2 Å². The summed E-state index contributed by atoms with van der Waals surface area (Å²) in [5, 5.41) is 2.90. The molecule has 0 bridgehead atoms. The zero-order chi connectivity index (χ0) is 28.9. The second-order valence-corrected chi connectivity index (χ2v) is 10.5. The van der Waals surface area contributed by atoms with Crippen molar-refractivity contribution < 1.29 is 14.1 Å². The van der Waals surface area contributed by atoms with Gasteiger partial charge in [0, 0.05) is 31.4 Å². The zero-order valence-electron chi connectivity index (χ0n) is 24.1. The van der Waals surface area contributed by atoms with Crippen molar-refractivity contribution in [1.29, 1.82) is 0 Å². The Kier molecular flexibility index (Phi) is 8.86. The van der Waals surface area contributed by atoms with Crippen LogP contribution in [-0.4, -0.2) is 83.9 Å². The van der Waals surface area contributed by atoms with Crippen LogP contribution >= 0.6 is 0 Å². The van der Waals surface area contributed by atoms with Gasteiger partial charge in [0.25, 0.3) is 5.91 Å². The SMILES string of the molecule is CCCc1ccnc(NC(=O)c2ccc(C3=NC(C(C)N(C)C(=O)/C=C/CN(C)C)=C4C=NC=C[N+]34C)cc2)c1. The molecule has 9 heteroatoms. The number of nitrogens with zero attached hydrogens (tertiary/aromatic N) is 6. The summed E-state index contributed by atoms with van der Waals surface area (Å²) in [5.41, 5.74) is 4.23. The molecule has 0 fully saturated rings. The minimum absolute atomic E-state index is 0.0892. The maximum atomic E-state index is 12.9. The van der Waals surface area contributed by atoms with Gasteiger partial charge in [-0.1, -0.05) is 19.4 Å². The molecular formula is C31H38N7O2+. The number of quaternary nitrogens is 1. The molecule has 2 aliphatic rings. The van der Waals surface area contributed by atoms with E-state index in [4.69, 9.17) is 4.99 Å². The lowest BCUT2D eigenvalue weighted by Crippen LogP contribution is -2.43. The predicted octanol–water partition coefficient (Wildman–Crippen LogP) is 4.23. The molecule has 0 radical (unpaired) electrons. The van der Waals surface area contributed by atoms with Crippen LogP contribution in [0, 0.1) is 0 Å². The number of allylic oxidation sites excluding steroid dienone is 1. The van der Waals surface area contributed by atoms with Crippen LogP contribution in [0.1, 0.15) is 41.8 Å². The molecule has 2 aromatic rings. The topological polar surface area (TPSA) is 90.3 Å². The van der Waals surface area contributed by atoms with Gasteiger partial charge in [0.05, 0.1) is 31.1 Å². The van der Waals surface area contributed by atoms with Gasteiger partial charge in [-0.3, -0.25) is 14.6 Å². The van der Waals surface area contributed by atoms with Crippen molar-refractivity contribution >= 4 is 29.7 Å². The van der Waals surface area contributed by atoms with E-state index in [2.05, 4.69) is 22.2 Å². The van der Waals surface area contributed by atoms with Crippen molar-refractivity contribution in [3.05, 3.63) is 95.2 Å². The summed E-state index contributed by atoms with van der Waals surface area (Å²) in [7, 11) is 7.75. The maximum absolute atomic E-state index is 12.9. The molecule has 1 aromatic carbocycles. The Hall–Kier alpha value is -4.21. The van der Waals surface area contributed by atoms with E-state index in [-0.39, 0.29) is 17.9 Å². The van der Waals surface area contributed by atoms with E-state index in [1.165, 1.54) is 0 Å². The highest BCUT2D eigenvalue weighted by molar-refractivity contribution is 6.05. The molecule has 2 aliphatic heterocycles. The number of likely N-dealkylation sites (N-methyl/N-ethyl adjacent to an activating group) is 2. The average Bonchev–Trinajstić information content (AvgIpc) is 3.25. The van der Waals surface area contributed by atoms with E-state index in [9.17, 15) is 9.59 Å². The third-order valence-electron chi connectivity index (χ3n) is 7.14. The summed E-state index contributed by atoms with van der Waals surface area (Å²) >= 11 is 0. The van der Waals surface area contributed by atoms with Gasteiger partial charge < -0.3 is 15.1 Å². The van der Waals surface area contributed by atoms with Crippen LogP contribution in [0.4, 0.5) is 5.82 Å². The van der Waals surface area contributed by atoms with Crippen molar-refractivity contribution in [3.8, 4) is 0 Å². The van der Waals surface area contributed by atoms with Gasteiger partial charge in [0.2, 0.25) is 11.7 Å². The Morgan fingerprint density at radius 3 is 2.58 bits per heavy atom. The number of aliphatic imine (C=N–C) groups is 2. The molecule has 4 rings (SSSR count). The number of hydrogen-bond donors (Lipinski definition) is 1. The van der Waals surface area contributed by atoms with Crippen molar-refractivity contribution in [2.75, 3.05) is 40.1 Å². The second-order valence-electron chi connectivity index (χ2n) is 10.5. The van der Waals surface area contributed by atoms with Crippen LogP contribution in [0.15, 0.2) is 88.5 Å². The van der Waals surface area contributed by atoms with Crippen molar-refractivity contribution in [2.24, 2.45) is 9.98 Å². The first-order valence-electron chi connectivity index (χ1n) is 13.5. The molecule has 3 heterocycles. The maximum Gasteiger partial charge on any atom is 0.256 e. The van der Waals surface area contributed by atoms with E-state index in [1.54, 1.807) is 42.6 Å². The Labute approximate surface area is 236 Å². The summed E-state index contributed by atoms with van der Waals surface area (Å²) < 4.78 is 0.321. The fraction of sp³-hybridized carbons (Fsp3) is 0.323. The number of amidine groups is 1. The molecule has 0 spiro atoms. The highest BCUT2D eigenvalue weighted by Gasteiger charge is 2.44. The predicted molar refractivity (Wildman–Crippen MR) is 160 cm³/mol. The number of amides is 2. The summed E-state index contributed by atoms with van der Waals surface area (Å²) in [4.78, 5) is 43.2. The Bertz CT molecular complexity index is 1420. The molecule has 1 aromatic heterocycles. The number of aromatic nitrogens is 1.